The first kappa shape index (κ1) is 14.9. The van der Waals surface area contributed by atoms with Gasteiger partial charge >= 0.3 is 6.03 Å². The molecule has 4 rings (SSSR count). The van der Waals surface area contributed by atoms with E-state index in [4.69, 9.17) is 11.6 Å². The van der Waals surface area contributed by atoms with Crippen LogP contribution < -0.4 is 10.6 Å². The number of pyridine rings is 1. The summed E-state index contributed by atoms with van der Waals surface area (Å²) in [5.41, 5.74) is 1.36. The fourth-order valence-electron chi connectivity index (χ4n) is 3.01. The Morgan fingerprint density at radius 3 is 2.83 bits per heavy atom. The van der Waals surface area contributed by atoms with Crippen LogP contribution in [0.5, 0.6) is 5.75 Å². The van der Waals surface area contributed by atoms with Crippen molar-refractivity contribution in [2.24, 2.45) is 5.92 Å². The molecule has 2 amide bonds. The number of nitrogens with zero attached hydrogens (tertiary/aromatic N) is 1. The monoisotopic (exact) mass is 339 g/mol. The quantitative estimate of drug-likeness (QED) is 0.698. The molecular weight excluding hydrogens is 326 g/mol. The van der Waals surface area contributed by atoms with E-state index >= 15 is 0 Å². The van der Waals surface area contributed by atoms with Gasteiger partial charge in [-0.25, -0.2) is 9.78 Å². The van der Waals surface area contributed by atoms with Gasteiger partial charge in [-0.15, -0.1) is 0 Å². The first-order valence-corrected chi connectivity index (χ1v) is 8.02. The summed E-state index contributed by atoms with van der Waals surface area (Å²) in [5.74, 6) is 6.58. The average molecular weight is 340 g/mol. The topological polar surface area (TPSA) is 74.2 Å². The fraction of sp³-hybridized carbons (Fsp3) is 0.222. The van der Waals surface area contributed by atoms with Crippen molar-refractivity contribution in [1.29, 1.82) is 0 Å². The zero-order valence-electron chi connectivity index (χ0n) is 12.6. The predicted octanol–water partition coefficient (Wildman–Crippen LogP) is 3.23. The zero-order valence-corrected chi connectivity index (χ0v) is 13.4. The molecule has 1 atom stereocenters. The lowest BCUT2D eigenvalue weighted by Gasteiger charge is -2.36. The molecule has 1 aliphatic carbocycles. The van der Waals surface area contributed by atoms with E-state index in [1.807, 2.05) is 6.07 Å². The molecule has 0 radical (unpaired) electrons. The summed E-state index contributed by atoms with van der Waals surface area (Å²) in [6.45, 7) is 0. The predicted molar refractivity (Wildman–Crippen MR) is 90.8 cm³/mol. The molecule has 1 aliphatic heterocycles. The Balaban J connectivity index is 1.84. The van der Waals surface area contributed by atoms with Gasteiger partial charge in [-0.2, -0.15) is 0 Å². The van der Waals surface area contributed by atoms with E-state index in [0.29, 0.717) is 10.7 Å². The standard InChI is InChI=1S/C18H14ClN3O2/c19-12-3-6-16-15(9-12)18(11-1-2-11,22-17(24)21-16)8-7-13-4-5-14(23)10-20-13/h3-6,9-11,23H,1-2H2,(H2,21,22,24)/t18-/m1/s1. The van der Waals surface area contributed by atoms with Gasteiger partial charge < -0.3 is 15.7 Å². The molecule has 1 aromatic carbocycles. The molecule has 6 heteroatoms. The van der Waals surface area contributed by atoms with Crippen molar-refractivity contribution in [3.63, 3.8) is 0 Å². The number of hydrogen-bond donors (Lipinski definition) is 3. The Bertz CT molecular complexity index is 881. The Morgan fingerprint density at radius 1 is 1.29 bits per heavy atom. The van der Waals surface area contributed by atoms with Crippen LogP contribution in [0.4, 0.5) is 10.5 Å². The van der Waals surface area contributed by atoms with Crippen molar-refractivity contribution >= 4 is 23.3 Å². The molecule has 5 nitrogen and oxygen atoms in total. The molecule has 0 saturated heterocycles. The molecule has 1 aromatic heterocycles. The summed E-state index contributed by atoms with van der Waals surface area (Å²) in [5, 5.41) is 15.7. The van der Waals surface area contributed by atoms with Crippen molar-refractivity contribution < 1.29 is 9.90 Å². The highest BCUT2D eigenvalue weighted by molar-refractivity contribution is 6.30. The molecular formula is C18H14ClN3O2. The number of carbonyl (C=O) groups excluding carboxylic acids is 1. The SMILES string of the molecule is O=C1Nc2ccc(Cl)cc2[C@@](C#Cc2ccc(O)cn2)(C2CC2)N1. The molecule has 1 saturated carbocycles. The highest BCUT2D eigenvalue weighted by atomic mass is 35.5. The highest BCUT2D eigenvalue weighted by Gasteiger charge is 2.50. The van der Waals surface area contributed by atoms with Crippen LogP contribution in [-0.2, 0) is 5.54 Å². The number of urea groups is 1. The number of aromatic hydroxyl groups is 1. The third-order valence-electron chi connectivity index (χ3n) is 4.29. The van der Waals surface area contributed by atoms with Crippen molar-refractivity contribution in [3.05, 3.63) is 52.8 Å². The maximum absolute atomic E-state index is 12.1. The van der Waals surface area contributed by atoms with E-state index in [9.17, 15) is 9.90 Å². The minimum Gasteiger partial charge on any atom is -0.506 e. The minimum atomic E-state index is -0.776. The Kier molecular flexibility index (Phi) is 3.36. The molecule has 1 fully saturated rings. The van der Waals surface area contributed by atoms with Crippen LogP contribution in [0.25, 0.3) is 0 Å². The summed E-state index contributed by atoms with van der Waals surface area (Å²) < 4.78 is 0. The van der Waals surface area contributed by atoms with Gasteiger partial charge in [-0.1, -0.05) is 17.5 Å². The number of carbonyl (C=O) groups is 1. The summed E-state index contributed by atoms with van der Waals surface area (Å²) in [7, 11) is 0. The number of aromatic nitrogens is 1. The lowest BCUT2D eigenvalue weighted by molar-refractivity contribution is 0.238. The van der Waals surface area contributed by atoms with Gasteiger partial charge in [0.15, 0.2) is 0 Å². The maximum Gasteiger partial charge on any atom is 0.320 e. The molecule has 2 heterocycles. The third kappa shape index (κ3) is 2.55. The summed E-state index contributed by atoms with van der Waals surface area (Å²) in [6, 6.07) is 8.30. The molecule has 0 unspecified atom stereocenters. The largest absolute Gasteiger partial charge is 0.506 e. The molecule has 0 spiro atoms. The highest BCUT2D eigenvalue weighted by Crippen LogP contribution is 2.49. The van der Waals surface area contributed by atoms with Crippen molar-refractivity contribution in [2.75, 3.05) is 5.32 Å². The smallest absolute Gasteiger partial charge is 0.320 e. The van der Waals surface area contributed by atoms with Gasteiger partial charge in [-0.3, -0.25) is 0 Å². The van der Waals surface area contributed by atoms with E-state index in [2.05, 4.69) is 27.5 Å². The number of halogens is 1. The molecule has 3 N–H and O–H groups in total. The average Bonchev–Trinajstić information content (AvgIpc) is 3.40. The second-order valence-corrected chi connectivity index (χ2v) is 6.44. The van der Waals surface area contributed by atoms with Crippen molar-refractivity contribution in [1.82, 2.24) is 10.3 Å². The molecule has 0 bridgehead atoms. The second-order valence-electron chi connectivity index (χ2n) is 6.00. The van der Waals surface area contributed by atoms with Crippen LogP contribution in [0.2, 0.25) is 5.02 Å². The number of amides is 2. The first-order valence-electron chi connectivity index (χ1n) is 7.64. The zero-order chi connectivity index (χ0) is 16.7. The summed E-state index contributed by atoms with van der Waals surface area (Å²) in [6.07, 6.45) is 3.33. The molecule has 2 aromatic rings. The van der Waals surface area contributed by atoms with Gasteiger partial charge in [0.1, 0.15) is 17.0 Å². The Morgan fingerprint density at radius 2 is 2.12 bits per heavy atom. The number of fused-ring (bicyclic) bond motifs is 1. The van der Waals surface area contributed by atoms with Crippen molar-refractivity contribution in [2.45, 2.75) is 18.4 Å². The summed E-state index contributed by atoms with van der Waals surface area (Å²) in [4.78, 5) is 16.2. The normalized spacial score (nSPS) is 21.8. The van der Waals surface area contributed by atoms with E-state index in [0.717, 1.165) is 24.1 Å². The van der Waals surface area contributed by atoms with E-state index < -0.39 is 5.54 Å². The van der Waals surface area contributed by atoms with E-state index in [1.165, 1.54) is 12.3 Å². The second kappa shape index (κ2) is 5.43. The van der Waals surface area contributed by atoms with Crippen LogP contribution in [0, 0.1) is 17.8 Å². The van der Waals surface area contributed by atoms with Crippen LogP contribution in [0.1, 0.15) is 24.1 Å². The number of benzene rings is 1. The summed E-state index contributed by atoms with van der Waals surface area (Å²) >= 11 is 6.17. The lowest BCUT2D eigenvalue weighted by atomic mass is 9.83. The number of anilines is 1. The van der Waals surface area contributed by atoms with Crippen LogP contribution in [0.15, 0.2) is 36.5 Å². The molecule has 120 valence electrons. The van der Waals surface area contributed by atoms with Crippen molar-refractivity contribution in [3.8, 4) is 17.6 Å². The number of nitrogens with one attached hydrogen (secondary N) is 2. The van der Waals surface area contributed by atoms with Gasteiger partial charge in [0.2, 0.25) is 0 Å². The molecule has 24 heavy (non-hydrogen) atoms. The molecule has 2 aliphatic rings. The van der Waals surface area contributed by atoms with E-state index in [-0.39, 0.29) is 17.7 Å². The van der Waals surface area contributed by atoms with Gasteiger partial charge in [0.05, 0.1) is 6.20 Å². The fourth-order valence-corrected chi connectivity index (χ4v) is 3.19. The van der Waals surface area contributed by atoms with Crippen LogP contribution >= 0.6 is 11.6 Å². The van der Waals surface area contributed by atoms with Gasteiger partial charge in [0, 0.05) is 16.3 Å². The van der Waals surface area contributed by atoms with Crippen LogP contribution in [-0.4, -0.2) is 16.1 Å². The Labute approximate surface area is 144 Å². The Hall–Kier alpha value is -2.71. The minimum absolute atomic E-state index is 0.0877. The lowest BCUT2D eigenvalue weighted by Crippen LogP contribution is -2.52. The van der Waals surface area contributed by atoms with Gasteiger partial charge in [0.25, 0.3) is 0 Å². The van der Waals surface area contributed by atoms with E-state index in [1.54, 1.807) is 18.2 Å². The maximum atomic E-state index is 12.1. The first-order chi connectivity index (χ1) is 11.6. The van der Waals surface area contributed by atoms with Crippen LogP contribution in [0.3, 0.4) is 0 Å². The third-order valence-corrected chi connectivity index (χ3v) is 4.53. The van der Waals surface area contributed by atoms with Gasteiger partial charge in [-0.05, 0) is 55.0 Å². The number of rotatable bonds is 1. The number of hydrogen-bond acceptors (Lipinski definition) is 3.